The van der Waals surface area contributed by atoms with Crippen LogP contribution in [-0.4, -0.2) is 41.8 Å². The van der Waals surface area contributed by atoms with E-state index in [1.807, 2.05) is 6.92 Å². The summed E-state index contributed by atoms with van der Waals surface area (Å²) in [6.45, 7) is 7.62. The Balaban J connectivity index is 1.93. The number of hydrogen-bond acceptors (Lipinski definition) is 4. The van der Waals surface area contributed by atoms with Crippen LogP contribution >= 0.6 is 0 Å². The molecule has 1 heterocycles. The quantitative estimate of drug-likeness (QED) is 0.792. The second kappa shape index (κ2) is 6.02. The van der Waals surface area contributed by atoms with Gasteiger partial charge in [-0.3, -0.25) is 0 Å². The Hall–Kier alpha value is -1.26. The van der Waals surface area contributed by atoms with Crippen molar-refractivity contribution in [3.05, 3.63) is 23.8 Å². The maximum absolute atomic E-state index is 9.89. The molecule has 112 valence electrons. The summed E-state index contributed by atoms with van der Waals surface area (Å²) in [4.78, 5) is 2.37. The van der Waals surface area contributed by atoms with Crippen LogP contribution in [0.4, 0.5) is 0 Å². The lowest BCUT2D eigenvalue weighted by Crippen LogP contribution is -2.42. The smallest absolute Gasteiger partial charge is 0.124 e. The van der Waals surface area contributed by atoms with Crippen molar-refractivity contribution < 1.29 is 10.2 Å². The topological polar surface area (TPSA) is 55.7 Å². The molecule has 1 aromatic rings. The molecular weight excluding hydrogens is 252 g/mol. The zero-order valence-electron chi connectivity index (χ0n) is 12.7. The molecule has 1 aliphatic rings. The second-order valence-corrected chi connectivity index (χ2v) is 6.46. The minimum absolute atomic E-state index is 0.0760. The summed E-state index contributed by atoms with van der Waals surface area (Å²) in [5, 5.41) is 22.7. The summed E-state index contributed by atoms with van der Waals surface area (Å²) in [5.74, 6) is 0.249. The van der Waals surface area contributed by atoms with Gasteiger partial charge in [0.1, 0.15) is 11.5 Å². The molecule has 1 aromatic carbocycles. The van der Waals surface area contributed by atoms with E-state index in [1.165, 1.54) is 18.9 Å². The largest absolute Gasteiger partial charge is 0.508 e. The molecule has 20 heavy (non-hydrogen) atoms. The molecule has 1 aliphatic heterocycles. The highest BCUT2D eigenvalue weighted by Gasteiger charge is 2.29. The van der Waals surface area contributed by atoms with Gasteiger partial charge in [-0.05, 0) is 51.4 Å². The highest BCUT2D eigenvalue weighted by molar-refractivity contribution is 5.40. The van der Waals surface area contributed by atoms with Crippen molar-refractivity contribution in [2.45, 2.75) is 32.7 Å². The number of aromatic hydroxyl groups is 2. The van der Waals surface area contributed by atoms with Gasteiger partial charge in [-0.2, -0.15) is 0 Å². The average Bonchev–Trinajstić information content (AvgIpc) is 2.40. The molecule has 0 aliphatic carbocycles. The van der Waals surface area contributed by atoms with Crippen molar-refractivity contribution in [2.24, 2.45) is 5.41 Å². The van der Waals surface area contributed by atoms with Gasteiger partial charge in [-0.15, -0.1) is 0 Å². The van der Waals surface area contributed by atoms with Gasteiger partial charge in [0.25, 0.3) is 0 Å². The van der Waals surface area contributed by atoms with Gasteiger partial charge < -0.3 is 20.4 Å². The number of nitrogens with zero attached hydrogens (tertiary/aromatic N) is 1. The number of likely N-dealkylation sites (tertiary alicyclic amines) is 1. The van der Waals surface area contributed by atoms with Crippen molar-refractivity contribution in [1.82, 2.24) is 10.2 Å². The summed E-state index contributed by atoms with van der Waals surface area (Å²) >= 11 is 0. The molecule has 0 saturated carbocycles. The number of phenolic OH excluding ortho intramolecular Hbond substituents is 2. The van der Waals surface area contributed by atoms with Gasteiger partial charge in [-0.1, -0.05) is 13.0 Å². The lowest BCUT2D eigenvalue weighted by atomic mass is 9.80. The van der Waals surface area contributed by atoms with E-state index in [0.717, 1.165) is 25.2 Å². The third kappa shape index (κ3) is 3.64. The molecule has 4 nitrogen and oxygen atoms in total. The van der Waals surface area contributed by atoms with E-state index in [1.54, 1.807) is 12.1 Å². The molecule has 1 atom stereocenters. The summed E-state index contributed by atoms with van der Waals surface area (Å²) in [5.41, 5.74) is 1.16. The van der Waals surface area contributed by atoms with Crippen molar-refractivity contribution in [3.8, 4) is 11.5 Å². The van der Waals surface area contributed by atoms with Crippen LogP contribution < -0.4 is 5.32 Å². The first-order valence-electron chi connectivity index (χ1n) is 7.33. The molecule has 3 N–H and O–H groups in total. The molecule has 0 amide bonds. The predicted octanol–water partition coefficient (Wildman–Crippen LogP) is 2.48. The van der Waals surface area contributed by atoms with E-state index in [0.29, 0.717) is 5.41 Å². The Morgan fingerprint density at radius 3 is 2.55 bits per heavy atom. The Morgan fingerprint density at radius 2 is 1.95 bits per heavy atom. The van der Waals surface area contributed by atoms with Gasteiger partial charge >= 0.3 is 0 Å². The first kappa shape index (κ1) is 15.1. The molecule has 4 heteroatoms. The Kier molecular flexibility index (Phi) is 4.55. The van der Waals surface area contributed by atoms with Crippen molar-refractivity contribution in [3.63, 3.8) is 0 Å². The normalized spacial score (nSPS) is 20.8. The van der Waals surface area contributed by atoms with Crippen molar-refractivity contribution in [2.75, 3.05) is 26.7 Å². The second-order valence-electron chi connectivity index (χ2n) is 6.46. The van der Waals surface area contributed by atoms with Crippen LogP contribution in [-0.2, 0) is 0 Å². The van der Waals surface area contributed by atoms with Crippen LogP contribution in [0.3, 0.4) is 0 Å². The first-order chi connectivity index (χ1) is 9.39. The van der Waals surface area contributed by atoms with Crippen LogP contribution in [0.15, 0.2) is 18.2 Å². The third-order valence-electron chi connectivity index (χ3n) is 4.51. The fourth-order valence-corrected chi connectivity index (χ4v) is 2.74. The number of piperidine rings is 1. The van der Waals surface area contributed by atoms with E-state index >= 15 is 0 Å². The van der Waals surface area contributed by atoms with Gasteiger partial charge in [0, 0.05) is 24.2 Å². The zero-order chi connectivity index (χ0) is 14.8. The van der Waals surface area contributed by atoms with Crippen molar-refractivity contribution in [1.29, 1.82) is 0 Å². The van der Waals surface area contributed by atoms with Gasteiger partial charge in [-0.25, -0.2) is 0 Å². The molecule has 0 radical (unpaired) electrons. The van der Waals surface area contributed by atoms with E-state index < -0.39 is 0 Å². The Bertz CT molecular complexity index is 454. The van der Waals surface area contributed by atoms with E-state index in [4.69, 9.17) is 0 Å². The maximum atomic E-state index is 9.89. The average molecular weight is 278 g/mol. The van der Waals surface area contributed by atoms with E-state index in [-0.39, 0.29) is 17.5 Å². The van der Waals surface area contributed by atoms with Crippen LogP contribution in [0.5, 0.6) is 11.5 Å². The summed E-state index contributed by atoms with van der Waals surface area (Å²) in [6.07, 6.45) is 2.40. The summed E-state index contributed by atoms with van der Waals surface area (Å²) in [6, 6.07) is 4.86. The number of phenols is 2. The minimum Gasteiger partial charge on any atom is -0.508 e. The van der Waals surface area contributed by atoms with Gasteiger partial charge in [0.15, 0.2) is 0 Å². The minimum atomic E-state index is 0.0760. The van der Waals surface area contributed by atoms with Crippen LogP contribution in [0.1, 0.15) is 38.3 Å². The third-order valence-corrected chi connectivity index (χ3v) is 4.51. The molecular formula is C16H26N2O2. The first-order valence-corrected chi connectivity index (χ1v) is 7.33. The lowest BCUT2D eigenvalue weighted by Gasteiger charge is -2.38. The van der Waals surface area contributed by atoms with Crippen molar-refractivity contribution >= 4 is 0 Å². The Labute approximate surface area is 121 Å². The monoisotopic (exact) mass is 278 g/mol. The lowest BCUT2D eigenvalue weighted by molar-refractivity contribution is 0.134. The molecule has 0 aromatic heterocycles. The number of nitrogens with one attached hydrogen (secondary N) is 1. The zero-order valence-corrected chi connectivity index (χ0v) is 12.7. The summed E-state index contributed by atoms with van der Waals surface area (Å²) in [7, 11) is 2.17. The van der Waals surface area contributed by atoms with Crippen LogP contribution in [0.25, 0.3) is 0 Å². The fourth-order valence-electron chi connectivity index (χ4n) is 2.74. The predicted molar refractivity (Wildman–Crippen MR) is 81.0 cm³/mol. The van der Waals surface area contributed by atoms with Gasteiger partial charge in [0.2, 0.25) is 0 Å². The molecule has 0 bridgehead atoms. The number of rotatable bonds is 4. The fraction of sp³-hybridized carbons (Fsp3) is 0.625. The van der Waals surface area contributed by atoms with E-state index in [2.05, 4.69) is 24.2 Å². The Morgan fingerprint density at radius 1 is 1.30 bits per heavy atom. The number of benzene rings is 1. The van der Waals surface area contributed by atoms with E-state index in [9.17, 15) is 10.2 Å². The molecule has 0 spiro atoms. The molecule has 1 fully saturated rings. The van der Waals surface area contributed by atoms with Crippen LogP contribution in [0.2, 0.25) is 0 Å². The maximum Gasteiger partial charge on any atom is 0.124 e. The highest BCUT2D eigenvalue weighted by Crippen LogP contribution is 2.32. The molecule has 1 saturated heterocycles. The highest BCUT2D eigenvalue weighted by atomic mass is 16.3. The van der Waals surface area contributed by atoms with Gasteiger partial charge in [0.05, 0.1) is 0 Å². The summed E-state index contributed by atoms with van der Waals surface area (Å²) < 4.78 is 0. The molecule has 1 unspecified atom stereocenters. The number of hydrogen-bond donors (Lipinski definition) is 3. The SMILES string of the molecule is CC(NCC1(C)CCN(C)CC1)c1ccc(O)cc1O. The molecule has 2 rings (SSSR count). The standard InChI is InChI=1S/C16H26N2O2/c1-12(14-5-4-13(19)10-15(14)20)17-11-16(2)6-8-18(3)9-7-16/h4-5,10,12,17,19-20H,6-9,11H2,1-3H3. The van der Waals surface area contributed by atoms with Crippen LogP contribution in [0, 0.1) is 5.41 Å².